The molecule has 0 N–H and O–H groups in total. The van der Waals surface area contributed by atoms with E-state index in [2.05, 4.69) is 58.4 Å². The number of nitrogens with zero attached hydrogens (tertiary/aromatic N) is 3. The summed E-state index contributed by atoms with van der Waals surface area (Å²) in [5.74, 6) is 1.92. The smallest absolute Gasteiger partial charge is 0.232 e. The van der Waals surface area contributed by atoms with Crippen LogP contribution in [0.2, 0.25) is 0 Å². The van der Waals surface area contributed by atoms with E-state index in [4.69, 9.17) is 4.52 Å². The molecule has 0 aliphatic carbocycles. The highest BCUT2D eigenvalue weighted by Crippen LogP contribution is 2.28. The predicted molar refractivity (Wildman–Crippen MR) is 92.7 cm³/mol. The fourth-order valence-corrected chi connectivity index (χ4v) is 3.17. The second-order valence-corrected chi connectivity index (χ2v) is 6.53. The van der Waals surface area contributed by atoms with Crippen molar-refractivity contribution in [1.29, 1.82) is 0 Å². The lowest BCUT2D eigenvalue weighted by atomic mass is 9.98. The largest absolute Gasteiger partial charge is 0.339 e. The van der Waals surface area contributed by atoms with Gasteiger partial charge >= 0.3 is 0 Å². The Morgan fingerprint density at radius 3 is 2.58 bits per heavy atom. The molecule has 0 spiro atoms. The second kappa shape index (κ2) is 6.57. The maximum Gasteiger partial charge on any atom is 0.232 e. The third-order valence-electron chi connectivity index (χ3n) is 4.65. The molecule has 2 aromatic carbocycles. The third-order valence-corrected chi connectivity index (χ3v) is 4.65. The van der Waals surface area contributed by atoms with Crippen molar-refractivity contribution >= 4 is 0 Å². The topological polar surface area (TPSA) is 42.2 Å². The standard InChI is InChI=1S/C20H21N3O/c1-15-7-5-6-10-17(15)12-23-13-18(14-23)20-21-19(22-24-20)11-16-8-3-2-4-9-16/h2-10,18H,11-14H2,1H3. The number of aryl methyl sites for hydroxylation is 1. The second-order valence-electron chi connectivity index (χ2n) is 6.53. The van der Waals surface area contributed by atoms with E-state index < -0.39 is 0 Å². The molecule has 122 valence electrons. The van der Waals surface area contributed by atoms with Crippen molar-refractivity contribution < 1.29 is 4.52 Å². The molecule has 1 aliphatic rings. The quantitative estimate of drug-likeness (QED) is 0.721. The molecule has 1 aromatic heterocycles. The highest BCUT2D eigenvalue weighted by atomic mass is 16.5. The van der Waals surface area contributed by atoms with Gasteiger partial charge in [0, 0.05) is 26.1 Å². The first-order valence-electron chi connectivity index (χ1n) is 8.41. The summed E-state index contributed by atoms with van der Waals surface area (Å²) in [5.41, 5.74) is 3.95. The molecule has 1 fully saturated rings. The number of benzene rings is 2. The number of hydrogen-bond donors (Lipinski definition) is 0. The van der Waals surface area contributed by atoms with Gasteiger partial charge in [0.1, 0.15) is 0 Å². The zero-order chi connectivity index (χ0) is 16.4. The van der Waals surface area contributed by atoms with Crippen LogP contribution in [0.5, 0.6) is 0 Å². The summed E-state index contributed by atoms with van der Waals surface area (Å²) in [5, 5.41) is 4.13. The van der Waals surface area contributed by atoms with Gasteiger partial charge in [-0.25, -0.2) is 0 Å². The summed E-state index contributed by atoms with van der Waals surface area (Å²) in [6.07, 6.45) is 0.726. The van der Waals surface area contributed by atoms with E-state index in [1.165, 1.54) is 16.7 Å². The number of rotatable bonds is 5. The molecule has 4 heteroatoms. The predicted octanol–water partition coefficient (Wildman–Crippen LogP) is 3.57. The molecular formula is C20H21N3O. The Morgan fingerprint density at radius 2 is 1.79 bits per heavy atom. The van der Waals surface area contributed by atoms with Crippen molar-refractivity contribution in [1.82, 2.24) is 15.0 Å². The molecule has 0 bridgehead atoms. The highest BCUT2D eigenvalue weighted by Gasteiger charge is 2.32. The maximum absolute atomic E-state index is 5.48. The van der Waals surface area contributed by atoms with E-state index in [1.54, 1.807) is 0 Å². The molecule has 1 saturated heterocycles. The van der Waals surface area contributed by atoms with Crippen LogP contribution in [0, 0.1) is 6.92 Å². The fraction of sp³-hybridized carbons (Fsp3) is 0.300. The number of hydrogen-bond acceptors (Lipinski definition) is 4. The Morgan fingerprint density at radius 1 is 1.04 bits per heavy atom. The van der Waals surface area contributed by atoms with Crippen LogP contribution in [-0.2, 0) is 13.0 Å². The summed E-state index contributed by atoms with van der Waals surface area (Å²) in [6, 6.07) is 18.8. The average molecular weight is 319 g/mol. The molecule has 4 rings (SSSR count). The molecule has 4 nitrogen and oxygen atoms in total. The van der Waals surface area contributed by atoms with E-state index in [1.807, 2.05) is 18.2 Å². The van der Waals surface area contributed by atoms with E-state index in [9.17, 15) is 0 Å². The van der Waals surface area contributed by atoms with Crippen LogP contribution in [0.25, 0.3) is 0 Å². The number of likely N-dealkylation sites (tertiary alicyclic amines) is 1. The van der Waals surface area contributed by atoms with Gasteiger partial charge in [0.25, 0.3) is 0 Å². The van der Waals surface area contributed by atoms with E-state index >= 15 is 0 Å². The Hall–Kier alpha value is -2.46. The van der Waals surface area contributed by atoms with E-state index in [-0.39, 0.29) is 0 Å². The summed E-state index contributed by atoms with van der Waals surface area (Å²) < 4.78 is 5.48. The minimum atomic E-state index is 0.367. The van der Waals surface area contributed by atoms with Crippen LogP contribution < -0.4 is 0 Å². The van der Waals surface area contributed by atoms with Gasteiger partial charge in [-0.1, -0.05) is 59.8 Å². The lowest BCUT2D eigenvalue weighted by Crippen LogP contribution is -2.44. The van der Waals surface area contributed by atoms with Gasteiger partial charge in [-0.05, 0) is 23.6 Å². The first-order valence-corrected chi connectivity index (χ1v) is 8.41. The van der Waals surface area contributed by atoms with Crippen LogP contribution in [-0.4, -0.2) is 28.1 Å². The maximum atomic E-state index is 5.48. The van der Waals surface area contributed by atoms with Crippen molar-refractivity contribution in [2.24, 2.45) is 0 Å². The van der Waals surface area contributed by atoms with Crippen LogP contribution in [0.15, 0.2) is 59.1 Å². The lowest BCUT2D eigenvalue weighted by molar-refractivity contribution is 0.117. The van der Waals surface area contributed by atoms with Gasteiger partial charge in [-0.15, -0.1) is 0 Å². The normalized spacial score (nSPS) is 15.4. The zero-order valence-electron chi connectivity index (χ0n) is 13.9. The van der Waals surface area contributed by atoms with Gasteiger partial charge in [0.2, 0.25) is 5.89 Å². The van der Waals surface area contributed by atoms with E-state index in [0.29, 0.717) is 5.92 Å². The van der Waals surface area contributed by atoms with Gasteiger partial charge in [0.05, 0.1) is 5.92 Å². The van der Waals surface area contributed by atoms with Crippen LogP contribution in [0.4, 0.5) is 0 Å². The molecule has 0 radical (unpaired) electrons. The first kappa shape index (κ1) is 15.1. The van der Waals surface area contributed by atoms with Crippen molar-refractivity contribution in [3.05, 3.63) is 83.0 Å². The Balaban J connectivity index is 1.33. The molecule has 2 heterocycles. The van der Waals surface area contributed by atoms with Crippen LogP contribution in [0.3, 0.4) is 0 Å². The van der Waals surface area contributed by atoms with Gasteiger partial charge in [-0.2, -0.15) is 4.98 Å². The Labute approximate surface area is 142 Å². The highest BCUT2D eigenvalue weighted by molar-refractivity contribution is 5.26. The fourth-order valence-electron chi connectivity index (χ4n) is 3.17. The van der Waals surface area contributed by atoms with Crippen LogP contribution >= 0.6 is 0 Å². The minimum absolute atomic E-state index is 0.367. The van der Waals surface area contributed by atoms with Crippen molar-refractivity contribution in [3.63, 3.8) is 0 Å². The average Bonchev–Trinajstić information content (AvgIpc) is 3.01. The summed E-state index contributed by atoms with van der Waals surface area (Å²) >= 11 is 0. The zero-order valence-corrected chi connectivity index (χ0v) is 13.9. The number of aromatic nitrogens is 2. The summed E-state index contributed by atoms with van der Waals surface area (Å²) in [4.78, 5) is 7.01. The Bertz CT molecular complexity index is 807. The Kier molecular flexibility index (Phi) is 4.13. The molecule has 0 saturated carbocycles. The monoisotopic (exact) mass is 319 g/mol. The van der Waals surface area contributed by atoms with Crippen molar-refractivity contribution in [3.8, 4) is 0 Å². The van der Waals surface area contributed by atoms with Gasteiger partial charge in [-0.3, -0.25) is 4.90 Å². The van der Waals surface area contributed by atoms with Crippen LogP contribution in [0.1, 0.15) is 34.3 Å². The third kappa shape index (κ3) is 3.24. The minimum Gasteiger partial charge on any atom is -0.339 e. The molecule has 24 heavy (non-hydrogen) atoms. The van der Waals surface area contributed by atoms with Gasteiger partial charge in [0.15, 0.2) is 5.82 Å². The molecule has 0 unspecified atom stereocenters. The SMILES string of the molecule is Cc1ccccc1CN1CC(c2nc(Cc3ccccc3)no2)C1. The van der Waals surface area contributed by atoms with Crippen molar-refractivity contribution in [2.45, 2.75) is 25.8 Å². The summed E-state index contributed by atoms with van der Waals surface area (Å²) in [7, 11) is 0. The molecule has 1 aliphatic heterocycles. The van der Waals surface area contributed by atoms with Crippen molar-refractivity contribution in [2.75, 3.05) is 13.1 Å². The van der Waals surface area contributed by atoms with Gasteiger partial charge < -0.3 is 4.52 Å². The molecular weight excluding hydrogens is 298 g/mol. The summed E-state index contributed by atoms with van der Waals surface area (Å²) in [6.45, 7) is 5.14. The van der Waals surface area contributed by atoms with E-state index in [0.717, 1.165) is 37.8 Å². The lowest BCUT2D eigenvalue weighted by Gasteiger charge is -2.37. The molecule has 0 amide bonds. The molecule has 3 aromatic rings. The molecule has 0 atom stereocenters. The first-order chi connectivity index (χ1) is 11.8.